The van der Waals surface area contributed by atoms with Crippen LogP contribution in [0.5, 0.6) is 11.5 Å². The van der Waals surface area contributed by atoms with Crippen molar-refractivity contribution < 1.29 is 19.1 Å². The molecule has 168 valence electrons. The van der Waals surface area contributed by atoms with Gasteiger partial charge in [-0.3, -0.25) is 9.48 Å². The van der Waals surface area contributed by atoms with Gasteiger partial charge in [0.2, 0.25) is 0 Å². The van der Waals surface area contributed by atoms with Crippen LogP contribution in [0.25, 0.3) is 0 Å². The van der Waals surface area contributed by atoms with Crippen molar-refractivity contribution in [3.05, 3.63) is 71.5 Å². The van der Waals surface area contributed by atoms with E-state index in [1.807, 2.05) is 25.5 Å². The summed E-state index contributed by atoms with van der Waals surface area (Å²) in [5.41, 5.74) is 1.98. The number of esters is 1. The van der Waals surface area contributed by atoms with Crippen LogP contribution in [0.15, 0.2) is 54.6 Å². The van der Waals surface area contributed by atoms with E-state index < -0.39 is 5.97 Å². The summed E-state index contributed by atoms with van der Waals surface area (Å²) in [5.74, 6) is 0.254. The zero-order valence-corrected chi connectivity index (χ0v) is 19.3. The van der Waals surface area contributed by atoms with Crippen LogP contribution in [0.3, 0.4) is 0 Å². The van der Waals surface area contributed by atoms with Crippen LogP contribution in [-0.4, -0.2) is 28.8 Å². The smallest absolute Gasteiger partial charge is 0.364 e. The highest BCUT2D eigenvalue weighted by Gasteiger charge is 2.24. The minimum absolute atomic E-state index is 0.217. The van der Waals surface area contributed by atoms with Gasteiger partial charge in [0.15, 0.2) is 5.69 Å². The van der Waals surface area contributed by atoms with Gasteiger partial charge in [0.25, 0.3) is 5.91 Å². The number of nitrogens with zero attached hydrogens (tertiary/aromatic N) is 2. The first-order chi connectivity index (χ1) is 15.1. The second-order valence-corrected chi connectivity index (χ2v) is 8.76. The van der Waals surface area contributed by atoms with Gasteiger partial charge in [0, 0.05) is 11.4 Å². The van der Waals surface area contributed by atoms with Gasteiger partial charge in [0.1, 0.15) is 11.5 Å². The fourth-order valence-electron chi connectivity index (χ4n) is 3.24. The van der Waals surface area contributed by atoms with Crippen molar-refractivity contribution in [2.75, 3.05) is 12.4 Å². The average Bonchev–Trinajstić information content (AvgIpc) is 3.22. The van der Waals surface area contributed by atoms with E-state index >= 15 is 0 Å². The quantitative estimate of drug-likeness (QED) is 0.423. The Labute approximate surface area is 188 Å². The number of hydrogen-bond acceptors (Lipinski definition) is 5. The average molecular weight is 436 g/mol. The maximum atomic E-state index is 12.7. The van der Waals surface area contributed by atoms with Crippen molar-refractivity contribution in [2.24, 2.45) is 0 Å². The van der Waals surface area contributed by atoms with Crippen molar-refractivity contribution >= 4 is 17.6 Å². The molecule has 3 aromatic rings. The van der Waals surface area contributed by atoms with E-state index in [9.17, 15) is 9.59 Å². The summed E-state index contributed by atoms with van der Waals surface area (Å²) >= 11 is 0. The molecule has 7 nitrogen and oxygen atoms in total. The Morgan fingerprint density at radius 1 is 1.03 bits per heavy atom. The van der Waals surface area contributed by atoms with Crippen LogP contribution in [0.1, 0.15) is 67.1 Å². The Balaban J connectivity index is 1.71. The normalized spacial score (nSPS) is 11.3. The molecule has 3 rings (SSSR count). The van der Waals surface area contributed by atoms with E-state index in [-0.39, 0.29) is 23.1 Å². The lowest BCUT2D eigenvalue weighted by molar-refractivity contribution is 0.0726. The number of para-hydroxylation sites is 1. The van der Waals surface area contributed by atoms with Crippen molar-refractivity contribution in [3.8, 4) is 11.5 Å². The first-order valence-corrected chi connectivity index (χ1v) is 10.5. The van der Waals surface area contributed by atoms with E-state index in [1.165, 1.54) is 7.11 Å². The summed E-state index contributed by atoms with van der Waals surface area (Å²) in [6, 6.07) is 15.3. The maximum Gasteiger partial charge on any atom is 0.364 e. The van der Waals surface area contributed by atoms with Gasteiger partial charge in [-0.05, 0) is 69.2 Å². The third-order valence-corrected chi connectivity index (χ3v) is 4.85. The Morgan fingerprint density at radius 3 is 2.25 bits per heavy atom. The van der Waals surface area contributed by atoms with Crippen LogP contribution in [0.4, 0.5) is 5.69 Å². The molecule has 0 saturated carbocycles. The molecule has 7 heteroatoms. The molecule has 0 aliphatic rings. The molecule has 32 heavy (non-hydrogen) atoms. The molecule has 0 radical (unpaired) electrons. The largest absolute Gasteiger partial charge is 0.496 e. The Kier molecular flexibility index (Phi) is 6.67. The molecular weight excluding hydrogens is 406 g/mol. The number of hydrogen-bond donors (Lipinski definition) is 1. The third kappa shape index (κ3) is 5.17. The van der Waals surface area contributed by atoms with Gasteiger partial charge in [-0.1, -0.05) is 26.0 Å². The van der Waals surface area contributed by atoms with Gasteiger partial charge >= 0.3 is 5.97 Å². The standard InChI is InChI=1S/C25H29N3O4/c1-16(2)21-15-20(27-28(21)25(3,4)5)24(30)32-18-13-11-17(12-14-18)26-23(29)19-9-7-8-10-22(19)31-6/h7-16H,1-6H3,(H,26,29). The summed E-state index contributed by atoms with van der Waals surface area (Å²) < 4.78 is 12.6. The molecule has 2 aromatic carbocycles. The highest BCUT2D eigenvalue weighted by molar-refractivity contribution is 6.06. The first kappa shape index (κ1) is 23.1. The molecule has 0 unspecified atom stereocenters. The molecule has 1 N–H and O–H groups in total. The number of carbonyl (C=O) groups is 2. The van der Waals surface area contributed by atoms with Crippen molar-refractivity contribution in [1.82, 2.24) is 9.78 Å². The molecular formula is C25H29N3O4. The molecule has 0 saturated heterocycles. The predicted molar refractivity (Wildman–Crippen MR) is 124 cm³/mol. The highest BCUT2D eigenvalue weighted by atomic mass is 16.5. The second-order valence-electron chi connectivity index (χ2n) is 8.76. The monoisotopic (exact) mass is 435 g/mol. The van der Waals surface area contributed by atoms with Gasteiger partial charge in [-0.15, -0.1) is 0 Å². The number of anilines is 1. The Morgan fingerprint density at radius 2 is 1.69 bits per heavy atom. The fourth-order valence-corrected chi connectivity index (χ4v) is 3.24. The number of aromatic nitrogens is 2. The van der Waals surface area contributed by atoms with Gasteiger partial charge < -0.3 is 14.8 Å². The minimum atomic E-state index is -0.527. The Hall–Kier alpha value is -3.61. The van der Waals surface area contributed by atoms with Gasteiger partial charge in [-0.25, -0.2) is 4.79 Å². The third-order valence-electron chi connectivity index (χ3n) is 4.85. The second kappa shape index (κ2) is 9.26. The van der Waals surface area contributed by atoms with Gasteiger partial charge in [-0.2, -0.15) is 5.10 Å². The molecule has 1 aromatic heterocycles. The predicted octanol–water partition coefficient (Wildman–Crippen LogP) is 5.24. The van der Waals surface area contributed by atoms with Crippen LogP contribution >= 0.6 is 0 Å². The summed E-state index contributed by atoms with van der Waals surface area (Å²) in [4.78, 5) is 25.2. The van der Waals surface area contributed by atoms with Crippen molar-refractivity contribution in [1.29, 1.82) is 0 Å². The highest BCUT2D eigenvalue weighted by Crippen LogP contribution is 2.25. The summed E-state index contributed by atoms with van der Waals surface area (Å²) in [6.45, 7) is 10.2. The minimum Gasteiger partial charge on any atom is -0.496 e. The Bertz CT molecular complexity index is 1110. The van der Waals surface area contributed by atoms with E-state index in [0.29, 0.717) is 22.7 Å². The molecule has 0 fully saturated rings. The van der Waals surface area contributed by atoms with Crippen LogP contribution in [-0.2, 0) is 5.54 Å². The number of benzene rings is 2. The topological polar surface area (TPSA) is 82.5 Å². The molecule has 1 amide bonds. The molecule has 0 atom stereocenters. The molecule has 0 bridgehead atoms. The number of carbonyl (C=O) groups excluding carboxylic acids is 2. The van der Waals surface area contributed by atoms with E-state index in [0.717, 1.165) is 5.69 Å². The molecule has 0 spiro atoms. The number of ether oxygens (including phenoxy) is 2. The fraction of sp³-hybridized carbons (Fsp3) is 0.320. The maximum absolute atomic E-state index is 12.7. The summed E-state index contributed by atoms with van der Waals surface area (Å²) in [5, 5.41) is 7.29. The van der Waals surface area contributed by atoms with Gasteiger partial charge in [0.05, 0.1) is 18.2 Å². The number of rotatable bonds is 6. The van der Waals surface area contributed by atoms with E-state index in [1.54, 1.807) is 54.6 Å². The number of amides is 1. The van der Waals surface area contributed by atoms with Crippen molar-refractivity contribution in [3.63, 3.8) is 0 Å². The number of methoxy groups -OCH3 is 1. The molecule has 0 aliphatic heterocycles. The van der Waals surface area contributed by atoms with Crippen LogP contribution < -0.4 is 14.8 Å². The van der Waals surface area contributed by atoms with Crippen molar-refractivity contribution in [2.45, 2.75) is 46.1 Å². The van der Waals surface area contributed by atoms with E-state index in [4.69, 9.17) is 9.47 Å². The lowest BCUT2D eigenvalue weighted by atomic mass is 10.1. The zero-order valence-electron chi connectivity index (χ0n) is 19.3. The lowest BCUT2D eigenvalue weighted by Crippen LogP contribution is -2.26. The first-order valence-electron chi connectivity index (χ1n) is 10.5. The molecule has 1 heterocycles. The SMILES string of the molecule is COc1ccccc1C(=O)Nc1ccc(OC(=O)c2cc(C(C)C)n(C(C)(C)C)n2)cc1. The molecule has 0 aliphatic carbocycles. The van der Waals surface area contributed by atoms with Crippen LogP contribution in [0.2, 0.25) is 0 Å². The van der Waals surface area contributed by atoms with Crippen LogP contribution in [0, 0.1) is 0 Å². The lowest BCUT2D eigenvalue weighted by Gasteiger charge is -2.23. The summed E-state index contributed by atoms with van der Waals surface area (Å²) in [6.07, 6.45) is 0. The van der Waals surface area contributed by atoms with E-state index in [2.05, 4.69) is 24.3 Å². The number of nitrogens with one attached hydrogen (secondary N) is 1. The summed E-state index contributed by atoms with van der Waals surface area (Å²) in [7, 11) is 1.52. The zero-order chi connectivity index (χ0) is 23.5.